The molecule has 9 aromatic carbocycles. The van der Waals surface area contributed by atoms with Crippen molar-refractivity contribution in [3.63, 3.8) is 0 Å². The minimum absolute atomic E-state index is 0.0192. The van der Waals surface area contributed by atoms with Crippen LogP contribution in [0, 0.1) is 0 Å². The molecule has 0 atom stereocenters. The van der Waals surface area contributed by atoms with Crippen LogP contribution < -0.4 is 20.6 Å². The second-order valence-corrected chi connectivity index (χ2v) is 22.2. The number of para-hydroxylation sites is 3. The molecule has 0 fully saturated rings. The van der Waals surface area contributed by atoms with Crippen LogP contribution in [0.4, 0.5) is 28.4 Å². The van der Waals surface area contributed by atoms with E-state index in [0.29, 0.717) is 0 Å². The van der Waals surface area contributed by atoms with E-state index < -0.39 is 0 Å². The van der Waals surface area contributed by atoms with Crippen molar-refractivity contribution in [1.29, 1.82) is 0 Å². The van der Waals surface area contributed by atoms with Crippen molar-refractivity contribution in [2.45, 2.75) is 71.6 Å². The van der Waals surface area contributed by atoms with Crippen LogP contribution in [0.25, 0.3) is 60.9 Å². The fourth-order valence-electron chi connectivity index (χ4n) is 12.1. The van der Waals surface area contributed by atoms with E-state index in [0.717, 1.165) is 17.1 Å². The zero-order valence-corrected chi connectivity index (χ0v) is 40.9. The maximum absolute atomic E-state index is 2.68. The molecule has 0 bridgehead atoms. The summed E-state index contributed by atoms with van der Waals surface area (Å²) < 4.78 is 2.65. The molecule has 0 amide bonds. The monoisotopic (exact) mass is 889 g/mol. The van der Waals surface area contributed by atoms with Gasteiger partial charge in [0.15, 0.2) is 0 Å². The predicted octanol–water partition coefficient (Wildman–Crippen LogP) is 16.1. The van der Waals surface area contributed by atoms with Gasteiger partial charge < -0.3 is 14.3 Å². The first-order valence-corrected chi connectivity index (χ1v) is 24.7. The standard InChI is InChI=1S/C65H56BN3/c1-63(2,3)42-29-27-41(28-30-42)50-38-53-52-37-47(67(44-19-11-9-12-20-44)45-21-13-10-14-22-45)35-36-58(52)69(46-33-31-43(32-34-46)64(4,5)6)66-56-40-55-51(48-23-15-17-25-54(48)65(55,7)8)39-59(56)68-57-26-18-16-24-49(57)60(50)62(68)61(53)66/h9-40H,1-8H3. The molecule has 13 rings (SSSR count). The SMILES string of the molecule is CC(C)(C)c1ccc(-c2cc3c4c5c2c2ccccc2n5-c2cc5c(cc2B4N(c2ccc(C(C)(C)C)cc2)c2ccc(N(c4ccccc4)c4ccccc4)cc2-3)C(C)(C)c2ccccc2-5)cc1. The van der Waals surface area contributed by atoms with Gasteiger partial charge in [-0.2, -0.15) is 0 Å². The average molecular weight is 890 g/mol. The molecule has 0 radical (unpaired) electrons. The number of hydrogen-bond acceptors (Lipinski definition) is 2. The Morgan fingerprint density at radius 1 is 0.464 bits per heavy atom. The molecule has 0 saturated heterocycles. The largest absolute Gasteiger partial charge is 0.376 e. The summed E-state index contributed by atoms with van der Waals surface area (Å²) in [7, 11) is 0. The lowest BCUT2D eigenvalue weighted by atomic mass is 9.43. The van der Waals surface area contributed by atoms with Crippen LogP contribution >= 0.6 is 0 Å². The van der Waals surface area contributed by atoms with Crippen molar-refractivity contribution in [2.75, 3.05) is 9.71 Å². The molecule has 4 heteroatoms. The quantitative estimate of drug-likeness (QED) is 0.160. The van der Waals surface area contributed by atoms with Gasteiger partial charge in [-0.1, -0.05) is 177 Å². The summed E-state index contributed by atoms with van der Waals surface area (Å²) in [5.41, 5.74) is 25.2. The van der Waals surface area contributed by atoms with Crippen LogP contribution in [-0.2, 0) is 16.2 Å². The molecule has 3 nitrogen and oxygen atoms in total. The third-order valence-corrected chi connectivity index (χ3v) is 15.7. The zero-order valence-electron chi connectivity index (χ0n) is 40.9. The van der Waals surface area contributed by atoms with E-state index >= 15 is 0 Å². The molecule has 0 unspecified atom stereocenters. The van der Waals surface area contributed by atoms with Gasteiger partial charge in [0.2, 0.25) is 0 Å². The maximum atomic E-state index is 2.68. The van der Waals surface area contributed by atoms with Crippen molar-refractivity contribution in [3.05, 3.63) is 216 Å². The number of anilines is 5. The van der Waals surface area contributed by atoms with Gasteiger partial charge in [-0.15, -0.1) is 0 Å². The Hall–Kier alpha value is -7.56. The van der Waals surface area contributed by atoms with E-state index in [1.54, 1.807) is 0 Å². The molecule has 3 aliphatic rings. The van der Waals surface area contributed by atoms with Gasteiger partial charge in [0.05, 0.1) is 11.0 Å². The van der Waals surface area contributed by atoms with Crippen LogP contribution in [0.2, 0.25) is 0 Å². The third-order valence-electron chi connectivity index (χ3n) is 15.7. The van der Waals surface area contributed by atoms with E-state index in [2.05, 4.69) is 264 Å². The Morgan fingerprint density at radius 2 is 1.07 bits per heavy atom. The number of fused-ring (bicyclic) bond motifs is 11. The highest BCUT2D eigenvalue weighted by Crippen LogP contribution is 2.53. The topological polar surface area (TPSA) is 11.4 Å². The molecule has 334 valence electrons. The fraction of sp³-hybridized carbons (Fsp3) is 0.169. The smallest absolute Gasteiger partial charge is 0.333 e. The van der Waals surface area contributed by atoms with Gasteiger partial charge in [-0.3, -0.25) is 0 Å². The molecule has 10 aromatic rings. The minimum Gasteiger partial charge on any atom is -0.376 e. The molecular weight excluding hydrogens is 834 g/mol. The van der Waals surface area contributed by atoms with Gasteiger partial charge >= 0.3 is 6.85 Å². The lowest BCUT2D eigenvalue weighted by Gasteiger charge is -2.43. The highest BCUT2D eigenvalue weighted by molar-refractivity contribution is 6.93. The molecule has 0 N–H and O–H groups in total. The van der Waals surface area contributed by atoms with Crippen LogP contribution in [-0.4, -0.2) is 11.4 Å². The van der Waals surface area contributed by atoms with Gasteiger partial charge in [0, 0.05) is 55.9 Å². The summed E-state index contributed by atoms with van der Waals surface area (Å²) in [6.45, 7) is 18.5. The van der Waals surface area contributed by atoms with E-state index in [1.165, 1.54) is 105 Å². The lowest BCUT2D eigenvalue weighted by molar-refractivity contribution is 0.590. The van der Waals surface area contributed by atoms with Crippen molar-refractivity contribution in [2.24, 2.45) is 0 Å². The molecular formula is C65H56BN3. The van der Waals surface area contributed by atoms with E-state index in [-0.39, 0.29) is 23.1 Å². The van der Waals surface area contributed by atoms with E-state index in [4.69, 9.17) is 0 Å². The lowest BCUT2D eigenvalue weighted by Crippen LogP contribution is -2.60. The molecule has 0 saturated carbocycles. The molecule has 1 aromatic heterocycles. The molecule has 1 aliphatic carbocycles. The highest BCUT2D eigenvalue weighted by atomic mass is 15.1. The Kier molecular flexibility index (Phi) is 8.88. The number of nitrogens with zero attached hydrogens (tertiary/aromatic N) is 3. The van der Waals surface area contributed by atoms with Gasteiger partial charge in [0.25, 0.3) is 0 Å². The minimum atomic E-state index is -0.166. The second kappa shape index (κ2) is 14.7. The highest BCUT2D eigenvalue weighted by Gasteiger charge is 2.47. The summed E-state index contributed by atoms with van der Waals surface area (Å²) in [5, 5.41) is 2.58. The van der Waals surface area contributed by atoms with Crippen molar-refractivity contribution in [1.82, 2.24) is 4.57 Å². The van der Waals surface area contributed by atoms with Crippen molar-refractivity contribution < 1.29 is 0 Å². The first-order chi connectivity index (χ1) is 33.3. The summed E-state index contributed by atoms with van der Waals surface area (Å²) >= 11 is 0. The molecule has 0 spiro atoms. The first-order valence-electron chi connectivity index (χ1n) is 24.7. The number of benzene rings is 9. The molecule has 69 heavy (non-hydrogen) atoms. The Labute approximate surface area is 407 Å². The number of hydrogen-bond donors (Lipinski definition) is 0. The Bertz CT molecular complexity index is 3660. The number of aromatic nitrogens is 1. The maximum Gasteiger partial charge on any atom is 0.333 e. The normalized spacial score (nSPS) is 14.1. The fourth-order valence-corrected chi connectivity index (χ4v) is 12.1. The first kappa shape index (κ1) is 41.6. The van der Waals surface area contributed by atoms with Crippen LogP contribution in [0.1, 0.15) is 77.6 Å². The summed E-state index contributed by atoms with van der Waals surface area (Å²) in [4.78, 5) is 5.09. The van der Waals surface area contributed by atoms with E-state index in [9.17, 15) is 0 Å². The number of rotatable bonds is 5. The Morgan fingerprint density at radius 3 is 1.74 bits per heavy atom. The van der Waals surface area contributed by atoms with Crippen molar-refractivity contribution >= 4 is 68.0 Å². The van der Waals surface area contributed by atoms with Crippen LogP contribution in [0.5, 0.6) is 0 Å². The average Bonchev–Trinajstić information content (AvgIpc) is 3.82. The van der Waals surface area contributed by atoms with Gasteiger partial charge in [0.1, 0.15) is 0 Å². The third kappa shape index (κ3) is 6.14. The Balaban J connectivity index is 1.18. The van der Waals surface area contributed by atoms with Crippen LogP contribution in [0.3, 0.4) is 0 Å². The summed E-state index contributed by atoms with van der Waals surface area (Å²) in [6, 6.07) is 73.7. The molecule has 2 aliphatic heterocycles. The second-order valence-electron chi connectivity index (χ2n) is 22.2. The van der Waals surface area contributed by atoms with Gasteiger partial charge in [-0.25, -0.2) is 0 Å². The zero-order chi connectivity index (χ0) is 47.1. The van der Waals surface area contributed by atoms with E-state index in [1.807, 2.05) is 0 Å². The summed E-state index contributed by atoms with van der Waals surface area (Å²) in [6.07, 6.45) is 0. The molecule has 3 heterocycles. The predicted molar refractivity (Wildman–Crippen MR) is 295 cm³/mol. The summed E-state index contributed by atoms with van der Waals surface area (Å²) in [5.74, 6) is 0. The van der Waals surface area contributed by atoms with Crippen LogP contribution in [0.15, 0.2) is 194 Å². The van der Waals surface area contributed by atoms with Gasteiger partial charge in [-0.05, 0) is 145 Å². The van der Waals surface area contributed by atoms with Crippen molar-refractivity contribution in [3.8, 4) is 39.1 Å².